The molecule has 1 aliphatic heterocycles. The van der Waals surface area contributed by atoms with Gasteiger partial charge in [-0.3, -0.25) is 14.3 Å². The molecule has 6 N–H and O–H groups in total. The monoisotopic (exact) mass is 527 g/mol. The number of aromatic nitrogens is 4. The average Bonchev–Trinajstić information content (AvgIpc) is 3.42. The number of rotatable bonds is 7. The van der Waals surface area contributed by atoms with E-state index in [-0.39, 0.29) is 37.6 Å². The first-order valence-electron chi connectivity index (χ1n) is 11.9. The second-order valence-corrected chi connectivity index (χ2v) is 8.59. The zero-order valence-electron chi connectivity index (χ0n) is 23.7. The summed E-state index contributed by atoms with van der Waals surface area (Å²) in [6.45, 7) is 10.0. The molecule has 12 nitrogen and oxygen atoms in total. The maximum absolute atomic E-state index is 11.9. The Kier molecular flexibility index (Phi) is 11.6. The predicted octanol–water partition coefficient (Wildman–Crippen LogP) is 0.448. The number of anilines is 2. The number of benzene rings is 1. The molecule has 0 bridgehead atoms. The largest absolute Gasteiger partial charge is 2.00 e. The van der Waals surface area contributed by atoms with Crippen molar-refractivity contribution in [2.45, 2.75) is 52.2 Å². The number of para-hydroxylation sites is 1. The molecule has 3 heterocycles. The van der Waals surface area contributed by atoms with Gasteiger partial charge in [0.25, 0.3) is 0 Å². The van der Waals surface area contributed by atoms with Crippen LogP contribution in [0.4, 0.5) is 11.5 Å². The number of likely N-dealkylation sites (N-methyl/N-ethyl adjacent to an activating group) is 1. The molecule has 0 unspecified atom stereocenters. The Morgan fingerprint density at radius 2 is 1.81 bits per heavy atom. The minimum absolute atomic E-state index is 0. The number of nitrogens with one attached hydrogen (secondary N) is 1. The molecule has 0 radical (unpaired) electrons. The Morgan fingerprint density at radius 1 is 1.16 bits per heavy atom. The zero-order valence-corrected chi connectivity index (χ0v) is 23.1. The van der Waals surface area contributed by atoms with E-state index in [1.54, 1.807) is 0 Å². The molecule has 37 heavy (non-hydrogen) atoms. The van der Waals surface area contributed by atoms with Gasteiger partial charge in [-0.1, -0.05) is 32.0 Å². The average molecular weight is 528 g/mol. The third kappa shape index (κ3) is 7.13. The van der Waals surface area contributed by atoms with Crippen molar-refractivity contribution in [2.75, 3.05) is 37.3 Å². The van der Waals surface area contributed by atoms with Crippen LogP contribution in [0.15, 0.2) is 30.9 Å². The van der Waals surface area contributed by atoms with Crippen molar-refractivity contribution < 1.29 is 27.7 Å². The number of nitrogen functional groups attached to an aromatic ring is 1. The molecule has 0 saturated carbocycles. The molecular weight excluding hydrogens is 491 g/mol. The van der Waals surface area contributed by atoms with Crippen LogP contribution in [0, 0.1) is 13.8 Å². The maximum atomic E-state index is 11.9. The zero-order chi connectivity index (χ0) is 26.4. The molecule has 13 heteroatoms. The molecule has 4 rings (SSSR count). The van der Waals surface area contributed by atoms with Crippen LogP contribution in [0.3, 0.4) is 0 Å². The van der Waals surface area contributed by atoms with Gasteiger partial charge in [0.1, 0.15) is 30.2 Å². The smallest absolute Gasteiger partial charge is 1.00 e. The third-order valence-electron chi connectivity index (χ3n) is 6.19. The Labute approximate surface area is 235 Å². The van der Waals surface area contributed by atoms with Crippen molar-refractivity contribution in [2.24, 2.45) is 0 Å². The van der Waals surface area contributed by atoms with Crippen LogP contribution in [-0.2, 0) is 9.53 Å². The van der Waals surface area contributed by atoms with Gasteiger partial charge in [-0.05, 0) is 38.1 Å². The minimum Gasteiger partial charge on any atom is -1.00 e. The fourth-order valence-corrected chi connectivity index (χ4v) is 4.01. The minimum atomic E-state index is -1.19. The predicted molar refractivity (Wildman–Crippen MR) is 143 cm³/mol. The Bertz CT molecular complexity index is 1160. The number of aliphatic hydroxyl groups is 3. The number of hydrogen-bond donors (Lipinski definition) is 5. The Morgan fingerprint density at radius 3 is 2.38 bits per heavy atom. The van der Waals surface area contributed by atoms with Crippen LogP contribution in [0.1, 0.15) is 34.1 Å². The number of carbonyl (C=O) groups is 1. The quantitative estimate of drug-likeness (QED) is 0.271. The SMILES string of the molecule is CCN(CC)CC(=O)Nc1c(C)cccc1C.Nc1ncnc2c1ncn2[C@@H]1O[C@H](CO)[C@@H](O)[C@H]1O.[H-].[H-].[Mg+2]. The summed E-state index contributed by atoms with van der Waals surface area (Å²) in [5, 5.41) is 31.7. The first-order chi connectivity index (χ1) is 17.2. The molecule has 200 valence electrons. The Hall–Kier alpha value is -2.39. The second-order valence-electron chi connectivity index (χ2n) is 8.59. The van der Waals surface area contributed by atoms with Crippen LogP contribution in [0.5, 0.6) is 0 Å². The van der Waals surface area contributed by atoms with Crippen molar-refractivity contribution in [1.82, 2.24) is 24.4 Å². The van der Waals surface area contributed by atoms with Crippen LogP contribution in [0.25, 0.3) is 11.2 Å². The van der Waals surface area contributed by atoms with E-state index in [0.717, 1.165) is 29.9 Å². The number of amides is 1. The van der Waals surface area contributed by atoms with Gasteiger partial charge in [-0.2, -0.15) is 0 Å². The molecule has 0 aliphatic carbocycles. The molecule has 1 aromatic carbocycles. The molecule has 1 amide bonds. The summed E-state index contributed by atoms with van der Waals surface area (Å²) in [5.41, 5.74) is 9.61. The van der Waals surface area contributed by atoms with E-state index >= 15 is 0 Å². The summed E-state index contributed by atoms with van der Waals surface area (Å²) >= 11 is 0. The van der Waals surface area contributed by atoms with E-state index in [4.69, 9.17) is 15.6 Å². The van der Waals surface area contributed by atoms with E-state index in [1.807, 2.05) is 32.0 Å². The van der Waals surface area contributed by atoms with Gasteiger partial charge >= 0.3 is 23.1 Å². The van der Waals surface area contributed by atoms with Gasteiger partial charge in [-0.25, -0.2) is 15.0 Å². The van der Waals surface area contributed by atoms with E-state index in [2.05, 4.69) is 39.0 Å². The number of aryl methyl sites for hydroxylation is 2. The van der Waals surface area contributed by atoms with Crippen LogP contribution in [-0.4, -0.2) is 113 Å². The van der Waals surface area contributed by atoms with Gasteiger partial charge < -0.3 is 34.0 Å². The van der Waals surface area contributed by atoms with Crippen molar-refractivity contribution in [3.8, 4) is 0 Å². The molecule has 1 fully saturated rings. The van der Waals surface area contributed by atoms with Crippen molar-refractivity contribution in [3.63, 3.8) is 0 Å². The first kappa shape index (κ1) is 30.8. The number of imidazole rings is 1. The summed E-state index contributed by atoms with van der Waals surface area (Å²) in [6.07, 6.45) is -1.42. The third-order valence-corrected chi connectivity index (χ3v) is 6.19. The standard InChI is InChI=1S/C14H22N2O.C10H13N5O4.Mg.2H/c1-5-16(6-2)10-13(17)15-14-11(3)8-7-9-12(14)4;11-8-5-9(13-2-12-8)15(3-14-5)10-7(18)6(17)4(1-16)19-10;;;/h7-9H,5-6,10H2,1-4H3,(H,15,17);2-4,6-7,10,16-18H,1H2,(H2,11,12,13);;;/q;;+2;2*-1/t;4-,6-,7-,10-;;;/m.1.../s1. The molecule has 0 spiro atoms. The van der Waals surface area contributed by atoms with Crippen LogP contribution < -0.4 is 11.1 Å². The van der Waals surface area contributed by atoms with Crippen molar-refractivity contribution >= 4 is 51.6 Å². The summed E-state index contributed by atoms with van der Waals surface area (Å²) in [5.74, 6) is 0.279. The number of nitrogens with zero attached hydrogens (tertiary/aromatic N) is 5. The fourth-order valence-electron chi connectivity index (χ4n) is 4.01. The van der Waals surface area contributed by atoms with E-state index < -0.39 is 31.1 Å². The number of aliphatic hydroxyl groups excluding tert-OH is 3. The maximum Gasteiger partial charge on any atom is 2.00 e. The van der Waals surface area contributed by atoms with E-state index in [9.17, 15) is 15.0 Å². The topological polar surface area (TPSA) is 172 Å². The molecule has 3 aromatic rings. The molecular formula is C24H37MgN7O5. The number of ether oxygens (including phenoxy) is 1. The summed E-state index contributed by atoms with van der Waals surface area (Å²) in [6, 6.07) is 6.03. The first-order valence-corrected chi connectivity index (χ1v) is 11.9. The van der Waals surface area contributed by atoms with Gasteiger partial charge in [0.15, 0.2) is 17.7 Å². The number of carbonyl (C=O) groups excluding carboxylic acids is 1. The normalized spacial score (nSPS) is 20.9. The van der Waals surface area contributed by atoms with Crippen LogP contribution in [0.2, 0.25) is 0 Å². The summed E-state index contributed by atoms with van der Waals surface area (Å²) in [4.78, 5) is 25.9. The number of hydrogen-bond acceptors (Lipinski definition) is 10. The number of nitrogens with two attached hydrogens (primary N) is 1. The van der Waals surface area contributed by atoms with E-state index in [1.165, 1.54) is 17.2 Å². The van der Waals surface area contributed by atoms with Gasteiger partial charge in [0, 0.05) is 5.69 Å². The van der Waals surface area contributed by atoms with Crippen molar-refractivity contribution in [1.29, 1.82) is 0 Å². The van der Waals surface area contributed by atoms with Gasteiger partial charge in [0.2, 0.25) is 5.91 Å². The second kappa shape index (κ2) is 14.0. The summed E-state index contributed by atoms with van der Waals surface area (Å²) in [7, 11) is 0. The molecule has 4 atom stereocenters. The van der Waals surface area contributed by atoms with Crippen LogP contribution >= 0.6 is 0 Å². The van der Waals surface area contributed by atoms with Gasteiger partial charge in [0.05, 0.1) is 19.5 Å². The summed E-state index contributed by atoms with van der Waals surface area (Å²) < 4.78 is 6.85. The number of fused-ring (bicyclic) bond motifs is 1. The van der Waals surface area contributed by atoms with E-state index in [0.29, 0.717) is 17.7 Å². The fraction of sp³-hybridized carbons (Fsp3) is 0.500. The molecule has 1 saturated heterocycles. The van der Waals surface area contributed by atoms with Crippen molar-refractivity contribution in [3.05, 3.63) is 42.0 Å². The Balaban J connectivity index is 0.000000693. The molecule has 1 aliphatic rings. The van der Waals surface area contributed by atoms with Gasteiger partial charge in [-0.15, -0.1) is 0 Å². The molecule has 2 aromatic heterocycles.